The van der Waals surface area contributed by atoms with Crippen molar-refractivity contribution in [2.24, 2.45) is 0 Å². The highest BCUT2D eigenvalue weighted by molar-refractivity contribution is 5.80. The molecule has 18 heavy (non-hydrogen) atoms. The number of nitrogens with zero attached hydrogens (tertiary/aromatic N) is 1. The summed E-state index contributed by atoms with van der Waals surface area (Å²) in [7, 11) is 1.72. The average Bonchev–Trinajstić information content (AvgIpc) is 2.62. The molecule has 1 aromatic rings. The molecule has 0 saturated carbocycles. The second kappa shape index (κ2) is 4.73. The third-order valence-electron chi connectivity index (χ3n) is 4.24. The Morgan fingerprint density at radius 1 is 1.22 bits per heavy atom. The van der Waals surface area contributed by atoms with E-state index in [0.29, 0.717) is 17.9 Å². The summed E-state index contributed by atoms with van der Waals surface area (Å²) in [5.41, 5.74) is 1.23. The van der Waals surface area contributed by atoms with Crippen LogP contribution < -0.4 is 4.74 Å². The number of carbonyl (C=O) groups excluding carboxylic acids is 1. The molecule has 0 N–H and O–H groups in total. The van der Waals surface area contributed by atoms with Gasteiger partial charge in [-0.1, -0.05) is 18.2 Å². The van der Waals surface area contributed by atoms with Gasteiger partial charge in [0.1, 0.15) is 11.5 Å². The molecule has 0 aromatic heterocycles. The second-order valence-electron chi connectivity index (χ2n) is 5.32. The average molecular weight is 245 g/mol. The van der Waals surface area contributed by atoms with Gasteiger partial charge in [0.15, 0.2) is 0 Å². The van der Waals surface area contributed by atoms with Crippen molar-refractivity contribution in [2.75, 3.05) is 7.11 Å². The van der Waals surface area contributed by atoms with Crippen LogP contribution in [0.5, 0.6) is 5.75 Å². The van der Waals surface area contributed by atoms with Crippen LogP contribution in [-0.2, 0) is 11.3 Å². The summed E-state index contributed by atoms with van der Waals surface area (Å²) in [4.78, 5) is 14.1. The van der Waals surface area contributed by atoms with Crippen molar-refractivity contribution in [3.8, 4) is 5.75 Å². The lowest BCUT2D eigenvalue weighted by molar-refractivity contribution is -0.123. The number of ether oxygens (including phenoxy) is 1. The Morgan fingerprint density at radius 3 is 2.56 bits per heavy atom. The minimum Gasteiger partial charge on any atom is -0.496 e. The van der Waals surface area contributed by atoms with Crippen LogP contribution in [0.3, 0.4) is 0 Å². The maximum Gasteiger partial charge on any atom is 0.136 e. The van der Waals surface area contributed by atoms with Crippen LogP contribution >= 0.6 is 0 Å². The zero-order valence-electron chi connectivity index (χ0n) is 10.8. The Bertz CT molecular complexity index is 442. The highest BCUT2D eigenvalue weighted by Crippen LogP contribution is 2.36. The van der Waals surface area contributed by atoms with Gasteiger partial charge in [0.2, 0.25) is 0 Å². The summed E-state index contributed by atoms with van der Waals surface area (Å²) in [6.07, 6.45) is 3.83. The molecule has 3 heteroatoms. The molecule has 2 fully saturated rings. The number of para-hydroxylation sites is 1. The zero-order chi connectivity index (χ0) is 12.5. The van der Waals surface area contributed by atoms with Gasteiger partial charge in [-0.3, -0.25) is 9.69 Å². The van der Waals surface area contributed by atoms with E-state index in [-0.39, 0.29) is 0 Å². The second-order valence-corrected chi connectivity index (χ2v) is 5.32. The molecular weight excluding hydrogens is 226 g/mol. The first-order valence-electron chi connectivity index (χ1n) is 6.67. The predicted octanol–water partition coefficient (Wildman–Crippen LogP) is 2.39. The normalized spacial score (nSPS) is 27.5. The highest BCUT2D eigenvalue weighted by Gasteiger charge is 2.39. The summed E-state index contributed by atoms with van der Waals surface area (Å²) < 4.78 is 5.41. The van der Waals surface area contributed by atoms with Gasteiger partial charge in [-0.2, -0.15) is 0 Å². The summed E-state index contributed by atoms with van der Waals surface area (Å²) in [5.74, 6) is 1.40. The number of benzene rings is 1. The van der Waals surface area contributed by atoms with Gasteiger partial charge >= 0.3 is 0 Å². The van der Waals surface area contributed by atoms with Crippen molar-refractivity contribution >= 4 is 5.78 Å². The summed E-state index contributed by atoms with van der Waals surface area (Å²) in [5, 5.41) is 0. The van der Waals surface area contributed by atoms with Crippen molar-refractivity contribution in [1.82, 2.24) is 4.90 Å². The van der Waals surface area contributed by atoms with Crippen LogP contribution in [0.4, 0.5) is 0 Å². The van der Waals surface area contributed by atoms with Gasteiger partial charge in [0, 0.05) is 37.0 Å². The topological polar surface area (TPSA) is 29.5 Å². The van der Waals surface area contributed by atoms with Gasteiger partial charge in [0.05, 0.1) is 7.11 Å². The maximum atomic E-state index is 11.6. The number of hydrogen-bond donors (Lipinski definition) is 0. The largest absolute Gasteiger partial charge is 0.496 e. The molecule has 3 rings (SSSR count). The minimum atomic E-state index is 0.443. The van der Waals surface area contributed by atoms with E-state index in [0.717, 1.165) is 25.1 Å². The zero-order valence-corrected chi connectivity index (χ0v) is 10.8. The van der Waals surface area contributed by atoms with E-state index in [1.54, 1.807) is 7.11 Å². The van der Waals surface area contributed by atoms with Crippen LogP contribution in [0.25, 0.3) is 0 Å². The van der Waals surface area contributed by atoms with Crippen molar-refractivity contribution in [3.63, 3.8) is 0 Å². The minimum absolute atomic E-state index is 0.443. The van der Waals surface area contributed by atoms with Crippen LogP contribution in [0, 0.1) is 0 Å². The molecule has 0 amide bonds. The molecule has 3 nitrogen and oxygen atoms in total. The molecule has 96 valence electrons. The molecule has 0 radical (unpaired) electrons. The smallest absolute Gasteiger partial charge is 0.136 e. The maximum absolute atomic E-state index is 11.6. The molecule has 2 heterocycles. The van der Waals surface area contributed by atoms with E-state index in [9.17, 15) is 4.79 Å². The SMILES string of the molecule is COc1ccccc1CN1[C@H]2CC[C@H]1CC(=O)C2. The lowest BCUT2D eigenvalue weighted by atomic mass is 10.0. The molecule has 2 aliphatic rings. The quantitative estimate of drug-likeness (QED) is 0.819. The predicted molar refractivity (Wildman–Crippen MR) is 69.6 cm³/mol. The van der Waals surface area contributed by atoms with Crippen LogP contribution in [0.1, 0.15) is 31.2 Å². The molecule has 2 bridgehead atoms. The molecule has 2 atom stereocenters. The number of carbonyl (C=O) groups is 1. The van der Waals surface area contributed by atoms with Gasteiger partial charge < -0.3 is 4.74 Å². The number of methoxy groups -OCH3 is 1. The summed E-state index contributed by atoms with van der Waals surface area (Å²) >= 11 is 0. The lowest BCUT2D eigenvalue weighted by Gasteiger charge is -2.34. The van der Waals surface area contributed by atoms with Gasteiger partial charge in [0.25, 0.3) is 0 Å². The van der Waals surface area contributed by atoms with Crippen LogP contribution in [0.2, 0.25) is 0 Å². The fourth-order valence-corrected chi connectivity index (χ4v) is 3.35. The van der Waals surface area contributed by atoms with Crippen molar-refractivity contribution < 1.29 is 9.53 Å². The molecule has 0 aliphatic carbocycles. The Labute approximate surface area is 108 Å². The van der Waals surface area contributed by atoms with E-state index in [2.05, 4.69) is 17.0 Å². The Hall–Kier alpha value is -1.35. The first-order chi connectivity index (χ1) is 8.78. The molecule has 0 unspecified atom stereocenters. The van der Waals surface area contributed by atoms with Crippen LogP contribution in [0.15, 0.2) is 24.3 Å². The van der Waals surface area contributed by atoms with E-state index >= 15 is 0 Å². The van der Waals surface area contributed by atoms with E-state index < -0.39 is 0 Å². The van der Waals surface area contributed by atoms with Gasteiger partial charge in [-0.25, -0.2) is 0 Å². The Kier molecular flexibility index (Phi) is 3.08. The number of ketones is 1. The number of rotatable bonds is 3. The molecule has 1 aromatic carbocycles. The fraction of sp³-hybridized carbons (Fsp3) is 0.533. The molecule has 2 saturated heterocycles. The summed E-state index contributed by atoms with van der Waals surface area (Å²) in [6, 6.07) is 9.09. The van der Waals surface area contributed by atoms with E-state index in [4.69, 9.17) is 4.74 Å². The van der Waals surface area contributed by atoms with Gasteiger partial charge in [-0.05, 0) is 18.9 Å². The number of Topliss-reactive ketones (excluding diaryl/α,β-unsaturated/α-hetero) is 1. The standard InChI is InChI=1S/C15H19NO2/c1-18-15-5-3-2-4-11(15)10-16-12-6-7-13(16)9-14(17)8-12/h2-5,12-13H,6-10H2,1H3/t12-,13-/m0/s1. The van der Waals surface area contributed by atoms with Crippen molar-refractivity contribution in [3.05, 3.63) is 29.8 Å². The first-order valence-corrected chi connectivity index (χ1v) is 6.67. The third-order valence-corrected chi connectivity index (χ3v) is 4.24. The lowest BCUT2D eigenvalue weighted by Crippen LogP contribution is -2.42. The Morgan fingerprint density at radius 2 is 1.89 bits per heavy atom. The highest BCUT2D eigenvalue weighted by atomic mass is 16.5. The number of hydrogen-bond acceptors (Lipinski definition) is 3. The fourth-order valence-electron chi connectivity index (χ4n) is 3.35. The van der Waals surface area contributed by atoms with E-state index in [1.165, 1.54) is 18.4 Å². The number of fused-ring (bicyclic) bond motifs is 2. The monoisotopic (exact) mass is 245 g/mol. The summed E-state index contributed by atoms with van der Waals surface area (Å²) in [6.45, 7) is 0.909. The number of piperidine rings is 1. The first kappa shape index (κ1) is 11.7. The van der Waals surface area contributed by atoms with Gasteiger partial charge in [-0.15, -0.1) is 0 Å². The van der Waals surface area contributed by atoms with E-state index in [1.807, 2.05) is 12.1 Å². The third kappa shape index (κ3) is 2.03. The Balaban J connectivity index is 1.79. The molecule has 0 spiro atoms. The van der Waals surface area contributed by atoms with Crippen molar-refractivity contribution in [1.29, 1.82) is 0 Å². The van der Waals surface area contributed by atoms with Crippen LogP contribution in [-0.4, -0.2) is 29.9 Å². The van der Waals surface area contributed by atoms with Crippen molar-refractivity contribution in [2.45, 2.75) is 44.3 Å². The molecular formula is C15H19NO2. The molecule has 2 aliphatic heterocycles.